The van der Waals surface area contributed by atoms with Crippen LogP contribution in [0.1, 0.15) is 0 Å². The molecule has 0 radical (unpaired) electrons. The molecule has 0 saturated heterocycles. The molecule has 78 valence electrons. The largest absolute Gasteiger partial charge is 0.234 e. The SMILES string of the molecule is Fc1ccc(N=c2ssnc2Cl)cc1F. The van der Waals surface area contributed by atoms with Crippen LogP contribution in [0, 0.1) is 11.6 Å². The van der Waals surface area contributed by atoms with Gasteiger partial charge in [0.2, 0.25) is 0 Å². The van der Waals surface area contributed by atoms with Gasteiger partial charge in [0, 0.05) is 16.6 Å². The normalized spacial score (nSPS) is 12.1. The average molecular weight is 265 g/mol. The maximum Gasteiger partial charge on any atom is 0.179 e. The fraction of sp³-hybridized carbons (Fsp3) is 0. The van der Waals surface area contributed by atoms with Gasteiger partial charge in [-0.05, 0) is 22.5 Å². The summed E-state index contributed by atoms with van der Waals surface area (Å²) in [7, 11) is 2.46. The minimum atomic E-state index is -0.930. The molecule has 2 aromatic rings. The molecule has 0 fully saturated rings. The Bertz CT molecular complexity index is 550. The molecule has 0 aliphatic heterocycles. The quantitative estimate of drug-likeness (QED) is 0.725. The Kier molecular flexibility index (Phi) is 3.08. The van der Waals surface area contributed by atoms with Gasteiger partial charge in [-0.2, -0.15) is 4.37 Å². The Balaban J connectivity index is 2.49. The van der Waals surface area contributed by atoms with Crippen LogP contribution in [-0.4, -0.2) is 4.37 Å². The van der Waals surface area contributed by atoms with Crippen molar-refractivity contribution in [3.63, 3.8) is 0 Å². The Morgan fingerprint density at radius 3 is 2.67 bits per heavy atom. The van der Waals surface area contributed by atoms with Crippen LogP contribution in [0.4, 0.5) is 14.5 Å². The Labute approximate surface area is 96.1 Å². The van der Waals surface area contributed by atoms with Crippen LogP contribution >= 0.6 is 32.5 Å². The second kappa shape index (κ2) is 4.34. The molecular formula is C8H3ClF2N2S2. The van der Waals surface area contributed by atoms with Crippen molar-refractivity contribution in [1.82, 2.24) is 4.37 Å². The zero-order valence-corrected chi connectivity index (χ0v) is 9.47. The highest BCUT2D eigenvalue weighted by molar-refractivity contribution is 7.66. The van der Waals surface area contributed by atoms with Gasteiger partial charge in [0.05, 0.1) is 5.69 Å². The van der Waals surface area contributed by atoms with Gasteiger partial charge in [0.15, 0.2) is 21.5 Å². The van der Waals surface area contributed by atoms with Gasteiger partial charge < -0.3 is 0 Å². The van der Waals surface area contributed by atoms with E-state index in [9.17, 15) is 8.78 Å². The lowest BCUT2D eigenvalue weighted by Gasteiger charge is -1.93. The van der Waals surface area contributed by atoms with Gasteiger partial charge in [-0.3, -0.25) is 0 Å². The molecule has 0 spiro atoms. The van der Waals surface area contributed by atoms with E-state index < -0.39 is 11.6 Å². The molecule has 2 rings (SSSR count). The fourth-order valence-corrected chi connectivity index (χ4v) is 2.89. The third-order valence-corrected chi connectivity index (χ3v) is 3.71. The van der Waals surface area contributed by atoms with E-state index in [4.69, 9.17) is 11.6 Å². The first-order chi connectivity index (χ1) is 7.16. The number of hydrogen-bond donors (Lipinski definition) is 0. The van der Waals surface area contributed by atoms with Crippen molar-refractivity contribution in [2.75, 3.05) is 0 Å². The smallest absolute Gasteiger partial charge is 0.179 e. The molecule has 0 bridgehead atoms. The first-order valence-electron chi connectivity index (χ1n) is 3.78. The highest BCUT2D eigenvalue weighted by Crippen LogP contribution is 2.16. The van der Waals surface area contributed by atoms with Crippen LogP contribution in [-0.2, 0) is 0 Å². The van der Waals surface area contributed by atoms with Gasteiger partial charge in [-0.15, -0.1) is 0 Å². The van der Waals surface area contributed by atoms with E-state index in [0.29, 0.717) is 10.4 Å². The second-order valence-electron chi connectivity index (χ2n) is 2.56. The molecule has 0 aliphatic carbocycles. The van der Waals surface area contributed by atoms with Crippen molar-refractivity contribution in [3.05, 3.63) is 39.7 Å². The lowest BCUT2D eigenvalue weighted by molar-refractivity contribution is 0.509. The molecule has 1 heterocycles. The first kappa shape index (κ1) is 10.7. The van der Waals surface area contributed by atoms with Gasteiger partial charge in [-0.25, -0.2) is 13.8 Å². The third kappa shape index (κ3) is 2.39. The van der Waals surface area contributed by atoms with Gasteiger partial charge in [0.25, 0.3) is 0 Å². The van der Waals surface area contributed by atoms with E-state index in [-0.39, 0.29) is 5.15 Å². The fourth-order valence-electron chi connectivity index (χ4n) is 0.897. The summed E-state index contributed by atoms with van der Waals surface area (Å²) >= 11 is 5.71. The summed E-state index contributed by atoms with van der Waals surface area (Å²) in [4.78, 5) is 4.03. The topological polar surface area (TPSA) is 25.2 Å². The summed E-state index contributed by atoms with van der Waals surface area (Å²) in [6.45, 7) is 0. The summed E-state index contributed by atoms with van der Waals surface area (Å²) in [6.07, 6.45) is 0. The molecule has 0 amide bonds. The van der Waals surface area contributed by atoms with Crippen molar-refractivity contribution in [2.24, 2.45) is 4.99 Å². The van der Waals surface area contributed by atoms with Crippen molar-refractivity contribution < 1.29 is 8.78 Å². The monoisotopic (exact) mass is 264 g/mol. The highest BCUT2D eigenvalue weighted by Gasteiger charge is 2.02. The lowest BCUT2D eigenvalue weighted by atomic mass is 10.3. The predicted octanol–water partition coefficient (Wildman–Crippen LogP) is 3.37. The number of rotatable bonds is 1. The standard InChI is InChI=1S/C8H3ClF2N2S2/c9-7-8(14-15-13-7)12-4-1-2-5(10)6(11)3-4/h1-3H. The third-order valence-electron chi connectivity index (χ3n) is 1.54. The summed E-state index contributed by atoms with van der Waals surface area (Å²) in [5.74, 6) is -1.83. The molecule has 0 N–H and O–H groups in total. The van der Waals surface area contributed by atoms with Gasteiger partial charge in [-0.1, -0.05) is 11.6 Å². The van der Waals surface area contributed by atoms with Crippen LogP contribution in [0.5, 0.6) is 0 Å². The van der Waals surface area contributed by atoms with Gasteiger partial charge in [0.1, 0.15) is 0 Å². The van der Waals surface area contributed by atoms with Crippen LogP contribution in [0.3, 0.4) is 0 Å². The molecule has 7 heteroatoms. The minimum Gasteiger partial charge on any atom is -0.234 e. The maximum absolute atomic E-state index is 12.8. The first-order valence-corrected chi connectivity index (χ1v) is 6.26. The summed E-state index contributed by atoms with van der Waals surface area (Å²) in [5.41, 5.74) is 0.312. The summed E-state index contributed by atoms with van der Waals surface area (Å²) in [5, 5.41) is 0.273. The van der Waals surface area contributed by atoms with Gasteiger partial charge >= 0.3 is 0 Å². The van der Waals surface area contributed by atoms with Crippen molar-refractivity contribution in [3.8, 4) is 0 Å². The van der Waals surface area contributed by atoms with Crippen molar-refractivity contribution in [1.29, 1.82) is 0 Å². The number of hydrogen-bond acceptors (Lipinski definition) is 4. The van der Waals surface area contributed by atoms with E-state index in [1.807, 2.05) is 0 Å². The Morgan fingerprint density at radius 2 is 2.07 bits per heavy atom. The number of benzene rings is 1. The lowest BCUT2D eigenvalue weighted by Crippen LogP contribution is -1.93. The van der Waals surface area contributed by atoms with Crippen LogP contribution in [0.25, 0.3) is 0 Å². The average Bonchev–Trinajstić information content (AvgIpc) is 2.59. The van der Waals surface area contributed by atoms with Crippen LogP contribution in [0.2, 0.25) is 5.15 Å². The van der Waals surface area contributed by atoms with Crippen molar-refractivity contribution in [2.45, 2.75) is 0 Å². The number of nitrogens with zero attached hydrogens (tertiary/aromatic N) is 2. The predicted molar refractivity (Wildman–Crippen MR) is 56.6 cm³/mol. The Morgan fingerprint density at radius 1 is 1.27 bits per heavy atom. The Hall–Kier alpha value is -0.850. The van der Waals surface area contributed by atoms with E-state index >= 15 is 0 Å². The molecule has 0 unspecified atom stereocenters. The molecule has 1 aromatic carbocycles. The molecule has 0 aliphatic rings. The van der Waals surface area contributed by atoms with Crippen LogP contribution in [0.15, 0.2) is 23.2 Å². The summed E-state index contributed by atoms with van der Waals surface area (Å²) in [6, 6.07) is 3.40. The maximum atomic E-state index is 12.8. The van der Waals surface area contributed by atoms with Crippen molar-refractivity contribution >= 4 is 38.2 Å². The highest BCUT2D eigenvalue weighted by atomic mass is 35.5. The van der Waals surface area contributed by atoms with E-state index in [1.165, 1.54) is 26.9 Å². The molecule has 0 atom stereocenters. The molecule has 1 aromatic heterocycles. The van der Waals surface area contributed by atoms with E-state index in [0.717, 1.165) is 12.1 Å². The molecule has 15 heavy (non-hydrogen) atoms. The summed E-state index contributed by atoms with van der Waals surface area (Å²) < 4.78 is 29.7. The van der Waals surface area contributed by atoms with E-state index in [1.54, 1.807) is 0 Å². The van der Waals surface area contributed by atoms with Crippen LogP contribution < -0.4 is 4.67 Å². The number of halogens is 3. The number of aromatic nitrogens is 1. The van der Waals surface area contributed by atoms with E-state index in [2.05, 4.69) is 9.37 Å². The molecular weight excluding hydrogens is 262 g/mol. The second-order valence-corrected chi connectivity index (χ2v) is 4.75. The minimum absolute atomic E-state index is 0.273. The molecule has 0 saturated carbocycles. The molecule has 2 nitrogen and oxygen atoms in total. The zero-order chi connectivity index (χ0) is 10.8. The zero-order valence-electron chi connectivity index (χ0n) is 7.08.